The van der Waals surface area contributed by atoms with Gasteiger partial charge in [0.1, 0.15) is 6.10 Å². The highest BCUT2D eigenvalue weighted by Gasteiger charge is 2.35. The fraction of sp³-hybridized carbons (Fsp3) is 0.360. The van der Waals surface area contributed by atoms with Crippen LogP contribution in [-0.2, 0) is 4.18 Å². The van der Waals surface area contributed by atoms with Crippen molar-refractivity contribution in [2.45, 2.75) is 33.3 Å². The average Bonchev–Trinajstić information content (AvgIpc) is 3.04. The van der Waals surface area contributed by atoms with E-state index in [1.807, 2.05) is 18.2 Å². The van der Waals surface area contributed by atoms with Crippen molar-refractivity contribution >= 4 is 22.1 Å². The number of hydrogen-bond acceptors (Lipinski definition) is 3. The first-order valence-corrected chi connectivity index (χ1v) is 12.6. The summed E-state index contributed by atoms with van der Waals surface area (Å²) in [5.41, 5.74) is 2.92. The molecule has 0 N–H and O–H groups in total. The molecular weight excluding hydrogens is 394 g/mol. The van der Waals surface area contributed by atoms with Gasteiger partial charge in [-0.25, -0.2) is 0 Å². The van der Waals surface area contributed by atoms with Crippen LogP contribution in [0.3, 0.4) is 0 Å². The summed E-state index contributed by atoms with van der Waals surface area (Å²) in [7, 11) is -1.21. The van der Waals surface area contributed by atoms with Crippen LogP contribution in [0.2, 0.25) is 0 Å². The summed E-state index contributed by atoms with van der Waals surface area (Å²) >= 11 is 0. The number of carbonyl (C=O) groups is 2. The number of rotatable bonds is 10. The fourth-order valence-electron chi connectivity index (χ4n) is 3.84. The Labute approximate surface area is 181 Å². The molecule has 0 fully saturated rings. The van der Waals surface area contributed by atoms with Gasteiger partial charge in [-0.05, 0) is 46.9 Å². The second-order valence-electron chi connectivity index (χ2n) is 7.43. The molecule has 2 aromatic carbocycles. The molecule has 1 unspecified atom stereocenters. The highest BCUT2D eigenvalue weighted by Crippen LogP contribution is 2.53. The van der Waals surface area contributed by atoms with Crippen LogP contribution in [0.15, 0.2) is 66.7 Å². The maximum absolute atomic E-state index is 12.7. The molecule has 0 spiro atoms. The summed E-state index contributed by atoms with van der Waals surface area (Å²) in [5, 5.41) is 0. The van der Waals surface area contributed by atoms with Gasteiger partial charge in [0.25, 0.3) is 11.8 Å². The zero-order chi connectivity index (χ0) is 21.7. The summed E-state index contributed by atoms with van der Waals surface area (Å²) < 4.78 is 6.76. The Morgan fingerprint density at radius 3 is 1.90 bits per heavy atom. The molecule has 0 bridgehead atoms. The SMILES string of the molecule is C=C(CCN1C(=O)c2ccccc2C1=O)C(OS(CC)(CC)CC)c1ccccc1. The first-order chi connectivity index (χ1) is 14.5. The number of nitrogens with zero attached hydrogens (tertiary/aromatic N) is 1. The fourth-order valence-corrected chi connectivity index (χ4v) is 6.12. The molecule has 0 radical (unpaired) electrons. The minimum Gasteiger partial charge on any atom is -0.324 e. The quantitative estimate of drug-likeness (QED) is 0.359. The molecule has 1 aliphatic rings. The van der Waals surface area contributed by atoms with Crippen molar-refractivity contribution in [1.29, 1.82) is 0 Å². The number of carbonyl (C=O) groups excluding carboxylic acids is 2. The standard InChI is InChI=1S/C25H31NO3S/c1-5-30(6-2,7-3)29-23(20-13-9-8-10-14-20)19(4)17-18-26-24(27)21-15-11-12-16-22(21)25(26)28/h8-16,23H,4-7,17-18H2,1-3H3. The molecule has 1 atom stereocenters. The molecular formula is C25H31NO3S. The van der Waals surface area contributed by atoms with E-state index in [2.05, 4.69) is 39.5 Å². The summed E-state index contributed by atoms with van der Waals surface area (Å²) in [6, 6.07) is 17.1. The minimum absolute atomic E-state index is 0.226. The van der Waals surface area contributed by atoms with Gasteiger partial charge in [-0.3, -0.25) is 14.5 Å². The second kappa shape index (κ2) is 9.63. The maximum atomic E-state index is 12.7. The topological polar surface area (TPSA) is 46.6 Å². The number of amides is 2. The van der Waals surface area contributed by atoms with E-state index in [1.54, 1.807) is 24.3 Å². The Morgan fingerprint density at radius 1 is 0.900 bits per heavy atom. The van der Waals surface area contributed by atoms with E-state index in [0.29, 0.717) is 24.1 Å². The molecule has 0 aromatic heterocycles. The lowest BCUT2D eigenvalue weighted by Crippen LogP contribution is -2.31. The summed E-state index contributed by atoms with van der Waals surface area (Å²) in [6.45, 7) is 11.2. The largest absolute Gasteiger partial charge is 0.324 e. The van der Waals surface area contributed by atoms with Crippen LogP contribution >= 0.6 is 10.3 Å². The van der Waals surface area contributed by atoms with Crippen molar-refractivity contribution in [2.75, 3.05) is 23.8 Å². The maximum Gasteiger partial charge on any atom is 0.261 e. The smallest absolute Gasteiger partial charge is 0.261 e. The van der Waals surface area contributed by atoms with Gasteiger partial charge in [-0.1, -0.05) is 69.8 Å². The number of fused-ring (bicyclic) bond motifs is 1. The molecule has 2 amide bonds. The van der Waals surface area contributed by atoms with Gasteiger partial charge in [0.2, 0.25) is 0 Å². The molecule has 5 heteroatoms. The van der Waals surface area contributed by atoms with Gasteiger partial charge >= 0.3 is 0 Å². The molecule has 4 nitrogen and oxygen atoms in total. The van der Waals surface area contributed by atoms with Gasteiger partial charge < -0.3 is 4.18 Å². The normalized spacial score (nSPS) is 15.2. The Balaban J connectivity index is 1.78. The summed E-state index contributed by atoms with van der Waals surface area (Å²) in [4.78, 5) is 26.7. The van der Waals surface area contributed by atoms with Gasteiger partial charge in [0, 0.05) is 6.54 Å². The van der Waals surface area contributed by atoms with Crippen LogP contribution in [0.4, 0.5) is 0 Å². The first kappa shape index (κ1) is 22.3. The number of imide groups is 1. The van der Waals surface area contributed by atoms with E-state index >= 15 is 0 Å². The van der Waals surface area contributed by atoms with Crippen molar-refractivity contribution in [1.82, 2.24) is 4.90 Å². The van der Waals surface area contributed by atoms with Crippen molar-refractivity contribution in [3.63, 3.8) is 0 Å². The lowest BCUT2D eigenvalue weighted by molar-refractivity contribution is 0.0654. The lowest BCUT2D eigenvalue weighted by atomic mass is 10.0. The molecule has 3 rings (SSSR count). The van der Waals surface area contributed by atoms with E-state index in [9.17, 15) is 9.59 Å². The van der Waals surface area contributed by atoms with Crippen LogP contribution in [-0.4, -0.2) is 40.5 Å². The van der Waals surface area contributed by atoms with Gasteiger partial charge in [-0.15, -0.1) is 10.3 Å². The first-order valence-electron chi connectivity index (χ1n) is 10.6. The Kier molecular flexibility index (Phi) is 7.16. The number of benzene rings is 2. The monoisotopic (exact) mass is 425 g/mol. The summed E-state index contributed by atoms with van der Waals surface area (Å²) in [5.74, 6) is 2.53. The Morgan fingerprint density at radius 2 is 1.40 bits per heavy atom. The lowest BCUT2D eigenvalue weighted by Gasteiger charge is -2.41. The summed E-state index contributed by atoms with van der Waals surface area (Å²) in [6.07, 6.45) is 0.272. The van der Waals surface area contributed by atoms with Crippen LogP contribution in [0.1, 0.15) is 59.6 Å². The van der Waals surface area contributed by atoms with Crippen LogP contribution in [0, 0.1) is 0 Å². The molecule has 30 heavy (non-hydrogen) atoms. The second-order valence-corrected chi connectivity index (χ2v) is 11.3. The molecule has 1 heterocycles. The Bertz CT molecular complexity index is 878. The van der Waals surface area contributed by atoms with Crippen molar-refractivity contribution in [2.24, 2.45) is 0 Å². The third-order valence-corrected chi connectivity index (χ3v) is 9.64. The molecule has 2 aromatic rings. The van der Waals surface area contributed by atoms with E-state index < -0.39 is 10.3 Å². The third kappa shape index (κ3) is 4.37. The zero-order valence-corrected chi connectivity index (χ0v) is 18.9. The van der Waals surface area contributed by atoms with E-state index in [4.69, 9.17) is 4.18 Å². The minimum atomic E-state index is -1.21. The van der Waals surface area contributed by atoms with Crippen molar-refractivity contribution < 1.29 is 13.8 Å². The molecule has 0 saturated heterocycles. The van der Waals surface area contributed by atoms with Gasteiger partial charge in [0.15, 0.2) is 0 Å². The predicted molar refractivity (Wildman–Crippen MR) is 125 cm³/mol. The molecule has 0 aliphatic carbocycles. The Hall–Kier alpha value is -2.37. The zero-order valence-electron chi connectivity index (χ0n) is 18.1. The average molecular weight is 426 g/mol. The number of hydrogen-bond donors (Lipinski definition) is 0. The van der Waals surface area contributed by atoms with Gasteiger partial charge in [-0.2, -0.15) is 0 Å². The van der Waals surface area contributed by atoms with Crippen molar-refractivity contribution in [3.8, 4) is 0 Å². The highest BCUT2D eigenvalue weighted by atomic mass is 32.3. The van der Waals surface area contributed by atoms with Crippen LogP contribution in [0.5, 0.6) is 0 Å². The predicted octanol–water partition coefficient (Wildman–Crippen LogP) is 5.77. The van der Waals surface area contributed by atoms with Crippen molar-refractivity contribution in [3.05, 3.63) is 83.4 Å². The van der Waals surface area contributed by atoms with E-state index in [1.165, 1.54) is 4.90 Å². The van der Waals surface area contributed by atoms with Gasteiger partial charge in [0.05, 0.1) is 11.1 Å². The highest BCUT2D eigenvalue weighted by molar-refractivity contribution is 8.29. The molecule has 1 aliphatic heterocycles. The van der Waals surface area contributed by atoms with Crippen LogP contribution in [0.25, 0.3) is 0 Å². The molecule has 0 saturated carbocycles. The van der Waals surface area contributed by atoms with E-state index in [-0.39, 0.29) is 17.9 Å². The third-order valence-electron chi connectivity index (χ3n) is 5.89. The molecule has 160 valence electrons. The van der Waals surface area contributed by atoms with Crippen LogP contribution < -0.4 is 0 Å². The van der Waals surface area contributed by atoms with E-state index in [0.717, 1.165) is 28.4 Å².